The van der Waals surface area contributed by atoms with Gasteiger partial charge in [-0.2, -0.15) is 0 Å². The number of methoxy groups -OCH3 is 1. The van der Waals surface area contributed by atoms with E-state index in [0.29, 0.717) is 12.2 Å². The minimum Gasteiger partial charge on any atom is -0.453 e. The summed E-state index contributed by atoms with van der Waals surface area (Å²) in [6.07, 6.45) is 3.11. The van der Waals surface area contributed by atoms with Crippen LogP contribution < -0.4 is 10.6 Å². The highest BCUT2D eigenvalue weighted by Crippen LogP contribution is 2.22. The maximum absolute atomic E-state index is 12.2. The molecule has 0 aliphatic carbocycles. The number of nitrogens with one attached hydrogen (secondary N) is 2. The predicted octanol–water partition coefficient (Wildman–Crippen LogP) is 3.77. The number of imidazole rings is 1. The summed E-state index contributed by atoms with van der Waals surface area (Å²) in [7, 11) is 1.31. The second-order valence-corrected chi connectivity index (χ2v) is 7.19. The van der Waals surface area contributed by atoms with Crippen molar-refractivity contribution in [3.05, 3.63) is 72.1 Å². The average Bonchev–Trinajstić information content (AvgIpc) is 3.20. The van der Waals surface area contributed by atoms with Crippen LogP contribution in [0.4, 0.5) is 10.5 Å². The summed E-state index contributed by atoms with van der Waals surface area (Å²) in [6, 6.07) is 15.2. The summed E-state index contributed by atoms with van der Waals surface area (Å²) in [6.45, 7) is 2.45. The highest BCUT2D eigenvalue weighted by molar-refractivity contribution is 7.99. The summed E-state index contributed by atoms with van der Waals surface area (Å²) in [5.74, 6) is 0.191. The molecule has 1 aromatic heterocycles. The molecule has 150 valence electrons. The molecule has 8 heteroatoms. The second-order valence-electron chi connectivity index (χ2n) is 6.25. The molecule has 0 radical (unpaired) electrons. The molecule has 29 heavy (non-hydrogen) atoms. The molecule has 3 rings (SSSR count). The predicted molar refractivity (Wildman–Crippen MR) is 113 cm³/mol. The topological polar surface area (TPSA) is 85.2 Å². The minimum atomic E-state index is -0.521. The first-order valence-electron chi connectivity index (χ1n) is 8.99. The van der Waals surface area contributed by atoms with Crippen LogP contribution in [0.1, 0.15) is 11.1 Å². The lowest BCUT2D eigenvalue weighted by Crippen LogP contribution is -2.24. The quantitative estimate of drug-likeness (QED) is 0.579. The zero-order chi connectivity index (χ0) is 20.6. The van der Waals surface area contributed by atoms with Crippen LogP contribution in [0.3, 0.4) is 0 Å². The molecular formula is C21H22N4O3S. The zero-order valence-corrected chi connectivity index (χ0v) is 17.0. The number of para-hydroxylation sites is 1. The Kier molecular flexibility index (Phi) is 6.91. The Labute approximate surface area is 173 Å². The van der Waals surface area contributed by atoms with Crippen molar-refractivity contribution in [2.24, 2.45) is 0 Å². The van der Waals surface area contributed by atoms with Crippen LogP contribution in [0.15, 0.2) is 66.1 Å². The van der Waals surface area contributed by atoms with Crippen molar-refractivity contribution in [1.29, 1.82) is 0 Å². The summed E-state index contributed by atoms with van der Waals surface area (Å²) >= 11 is 1.39. The molecule has 1 heterocycles. The van der Waals surface area contributed by atoms with Crippen molar-refractivity contribution < 1.29 is 14.3 Å². The molecule has 0 saturated heterocycles. The van der Waals surface area contributed by atoms with Crippen LogP contribution in [-0.4, -0.2) is 34.4 Å². The van der Waals surface area contributed by atoms with E-state index >= 15 is 0 Å². The van der Waals surface area contributed by atoms with E-state index in [-0.39, 0.29) is 11.7 Å². The van der Waals surface area contributed by atoms with E-state index in [2.05, 4.69) is 20.4 Å². The van der Waals surface area contributed by atoms with Crippen LogP contribution in [0.2, 0.25) is 0 Å². The van der Waals surface area contributed by atoms with Crippen molar-refractivity contribution in [1.82, 2.24) is 14.9 Å². The van der Waals surface area contributed by atoms with E-state index in [0.717, 1.165) is 22.0 Å². The number of ether oxygens (including phenoxy) is 1. The first kappa shape index (κ1) is 20.5. The molecule has 0 saturated carbocycles. The SMILES string of the molecule is COC(=O)Nc1ccc(CNC(=O)CSc2nccn2-c2ccccc2C)cc1. The Bertz CT molecular complexity index is 986. The van der Waals surface area contributed by atoms with Gasteiger partial charge in [0.25, 0.3) is 0 Å². The van der Waals surface area contributed by atoms with E-state index in [4.69, 9.17) is 0 Å². The third kappa shape index (κ3) is 5.61. The van der Waals surface area contributed by atoms with Gasteiger partial charge < -0.3 is 10.1 Å². The van der Waals surface area contributed by atoms with Crippen molar-refractivity contribution in [2.45, 2.75) is 18.6 Å². The number of anilines is 1. The lowest BCUT2D eigenvalue weighted by molar-refractivity contribution is -0.118. The molecule has 0 aliphatic heterocycles. The van der Waals surface area contributed by atoms with Crippen LogP contribution in [-0.2, 0) is 16.1 Å². The van der Waals surface area contributed by atoms with E-state index in [1.54, 1.807) is 18.3 Å². The summed E-state index contributed by atoms with van der Waals surface area (Å²) < 4.78 is 6.53. The number of aryl methyl sites for hydroxylation is 1. The van der Waals surface area contributed by atoms with Gasteiger partial charge in [-0.1, -0.05) is 42.1 Å². The smallest absolute Gasteiger partial charge is 0.411 e. The van der Waals surface area contributed by atoms with Gasteiger partial charge in [-0.25, -0.2) is 9.78 Å². The van der Waals surface area contributed by atoms with Gasteiger partial charge in [-0.15, -0.1) is 0 Å². The lowest BCUT2D eigenvalue weighted by atomic mass is 10.2. The molecule has 0 fully saturated rings. The van der Waals surface area contributed by atoms with Gasteiger partial charge in [0, 0.05) is 24.6 Å². The van der Waals surface area contributed by atoms with E-state index < -0.39 is 6.09 Å². The molecule has 3 aromatic rings. The van der Waals surface area contributed by atoms with Gasteiger partial charge in [0.05, 0.1) is 18.6 Å². The van der Waals surface area contributed by atoms with Gasteiger partial charge in [-0.3, -0.25) is 14.7 Å². The fourth-order valence-electron chi connectivity index (χ4n) is 2.67. The van der Waals surface area contributed by atoms with Crippen LogP contribution in [0.5, 0.6) is 0 Å². The lowest BCUT2D eigenvalue weighted by Gasteiger charge is -2.10. The molecule has 2 aromatic carbocycles. The molecule has 2 N–H and O–H groups in total. The first-order chi connectivity index (χ1) is 14.1. The van der Waals surface area contributed by atoms with Crippen LogP contribution in [0.25, 0.3) is 5.69 Å². The van der Waals surface area contributed by atoms with Crippen LogP contribution in [0, 0.1) is 6.92 Å². The Hall–Kier alpha value is -3.26. The first-order valence-corrected chi connectivity index (χ1v) is 9.98. The number of nitrogens with zero attached hydrogens (tertiary/aromatic N) is 2. The molecular weight excluding hydrogens is 388 g/mol. The van der Waals surface area contributed by atoms with E-state index in [9.17, 15) is 9.59 Å². The average molecular weight is 410 g/mol. The Morgan fingerprint density at radius 2 is 1.90 bits per heavy atom. The molecule has 7 nitrogen and oxygen atoms in total. The number of thioether (sulfide) groups is 1. The maximum Gasteiger partial charge on any atom is 0.411 e. The number of hydrogen-bond donors (Lipinski definition) is 2. The number of hydrogen-bond acceptors (Lipinski definition) is 5. The van der Waals surface area contributed by atoms with Crippen molar-refractivity contribution in [3.8, 4) is 5.69 Å². The summed E-state index contributed by atoms with van der Waals surface area (Å²) in [5.41, 5.74) is 3.75. The minimum absolute atomic E-state index is 0.0777. The van der Waals surface area contributed by atoms with Crippen molar-refractivity contribution in [3.63, 3.8) is 0 Å². The number of benzene rings is 2. The molecule has 0 aliphatic rings. The number of carbonyl (C=O) groups excluding carboxylic acids is 2. The number of amides is 2. The fourth-order valence-corrected chi connectivity index (χ4v) is 3.47. The fraction of sp³-hybridized carbons (Fsp3) is 0.190. The summed E-state index contributed by atoms with van der Waals surface area (Å²) in [5, 5.41) is 6.25. The van der Waals surface area contributed by atoms with Crippen molar-refractivity contribution in [2.75, 3.05) is 18.2 Å². The maximum atomic E-state index is 12.2. The van der Waals surface area contributed by atoms with Gasteiger partial charge in [-0.05, 0) is 36.2 Å². The van der Waals surface area contributed by atoms with Crippen LogP contribution >= 0.6 is 11.8 Å². The Balaban J connectivity index is 1.51. The van der Waals surface area contributed by atoms with Gasteiger partial charge in [0.2, 0.25) is 5.91 Å². The second kappa shape index (κ2) is 9.79. The van der Waals surface area contributed by atoms with Gasteiger partial charge >= 0.3 is 6.09 Å². The number of carbonyl (C=O) groups is 2. The van der Waals surface area contributed by atoms with Crippen molar-refractivity contribution >= 4 is 29.4 Å². The molecule has 0 unspecified atom stereocenters. The monoisotopic (exact) mass is 410 g/mol. The van der Waals surface area contributed by atoms with E-state index in [1.165, 1.54) is 18.9 Å². The largest absolute Gasteiger partial charge is 0.453 e. The Morgan fingerprint density at radius 1 is 1.14 bits per heavy atom. The third-order valence-corrected chi connectivity index (χ3v) is 5.16. The van der Waals surface area contributed by atoms with Gasteiger partial charge in [0.15, 0.2) is 5.16 Å². The third-order valence-electron chi connectivity index (χ3n) is 4.19. The number of rotatable bonds is 7. The molecule has 0 bridgehead atoms. The Morgan fingerprint density at radius 3 is 2.62 bits per heavy atom. The van der Waals surface area contributed by atoms with E-state index in [1.807, 2.05) is 54.1 Å². The zero-order valence-electron chi connectivity index (χ0n) is 16.2. The normalized spacial score (nSPS) is 10.4. The molecule has 2 amide bonds. The highest BCUT2D eigenvalue weighted by Gasteiger charge is 2.10. The molecule has 0 atom stereocenters. The van der Waals surface area contributed by atoms with Gasteiger partial charge in [0.1, 0.15) is 0 Å². The number of aromatic nitrogens is 2. The highest BCUT2D eigenvalue weighted by atomic mass is 32.2. The molecule has 0 spiro atoms. The standard InChI is InChI=1S/C21H22N4O3S/c1-15-5-3-4-6-18(15)25-12-11-22-20(25)29-14-19(26)23-13-16-7-9-17(10-8-16)24-21(27)28-2/h3-12H,13-14H2,1-2H3,(H,23,26)(H,24,27). The summed E-state index contributed by atoms with van der Waals surface area (Å²) in [4.78, 5) is 27.8.